The molecule has 1 unspecified atom stereocenters. The molecule has 27 heavy (non-hydrogen) atoms. The Morgan fingerprint density at radius 1 is 1.11 bits per heavy atom. The monoisotopic (exact) mass is 408 g/mol. The van der Waals surface area contributed by atoms with Gasteiger partial charge in [0.2, 0.25) is 0 Å². The molecule has 0 radical (unpaired) electrons. The summed E-state index contributed by atoms with van der Waals surface area (Å²) in [6.07, 6.45) is 2.25. The number of carbonyl (C=O) groups is 1. The van der Waals surface area contributed by atoms with Crippen molar-refractivity contribution in [3.05, 3.63) is 65.7 Å². The molecule has 3 rings (SSSR count). The summed E-state index contributed by atoms with van der Waals surface area (Å²) >= 11 is 0. The molecule has 1 aliphatic heterocycles. The van der Waals surface area contributed by atoms with E-state index in [1.165, 1.54) is 0 Å². The third-order valence-corrected chi connectivity index (χ3v) is 6.30. The van der Waals surface area contributed by atoms with Gasteiger partial charge in [-0.05, 0) is 61.7 Å². The second-order valence-corrected chi connectivity index (χ2v) is 8.68. The van der Waals surface area contributed by atoms with E-state index >= 15 is 0 Å². The van der Waals surface area contributed by atoms with Crippen molar-refractivity contribution in [2.75, 3.05) is 19.6 Å². The lowest BCUT2D eigenvalue weighted by atomic mass is 9.99. The summed E-state index contributed by atoms with van der Waals surface area (Å²) in [4.78, 5) is 12.7. The molecule has 146 valence electrons. The normalized spacial score (nSPS) is 17.0. The summed E-state index contributed by atoms with van der Waals surface area (Å²) in [5.74, 6) is 0.175. The van der Waals surface area contributed by atoms with Gasteiger partial charge in [-0.15, -0.1) is 12.4 Å². The second kappa shape index (κ2) is 9.88. The molecule has 1 aliphatic rings. The topological polar surface area (TPSA) is 75.3 Å². The maximum Gasteiger partial charge on any atom is 0.251 e. The number of carbonyl (C=O) groups excluding carboxylic acids is 1. The minimum Gasteiger partial charge on any atom is -0.352 e. The van der Waals surface area contributed by atoms with Gasteiger partial charge in [0.05, 0.1) is 10.6 Å². The van der Waals surface area contributed by atoms with Crippen LogP contribution < -0.4 is 10.6 Å². The zero-order valence-corrected chi connectivity index (χ0v) is 16.7. The first-order valence-corrected chi connectivity index (χ1v) is 10.6. The highest BCUT2D eigenvalue weighted by Gasteiger charge is 2.17. The van der Waals surface area contributed by atoms with Gasteiger partial charge >= 0.3 is 0 Å². The SMILES string of the molecule is Cl.O=C(NCC1CCCNC1)c1cccc(CS(=O)(=O)c2ccccc2)c1. The van der Waals surface area contributed by atoms with Crippen molar-refractivity contribution in [3.8, 4) is 0 Å². The molecule has 0 spiro atoms. The highest BCUT2D eigenvalue weighted by atomic mass is 35.5. The molecule has 7 heteroatoms. The summed E-state index contributed by atoms with van der Waals surface area (Å²) in [5.41, 5.74) is 1.11. The maximum absolute atomic E-state index is 12.5. The van der Waals surface area contributed by atoms with Crippen molar-refractivity contribution in [2.45, 2.75) is 23.5 Å². The molecule has 2 aromatic rings. The van der Waals surface area contributed by atoms with Crippen LogP contribution in [-0.4, -0.2) is 34.0 Å². The predicted molar refractivity (Wildman–Crippen MR) is 109 cm³/mol. The molecule has 0 bridgehead atoms. The van der Waals surface area contributed by atoms with Crippen LogP contribution >= 0.6 is 12.4 Å². The number of nitrogens with one attached hydrogen (secondary N) is 2. The van der Waals surface area contributed by atoms with Gasteiger partial charge in [0.25, 0.3) is 5.91 Å². The third-order valence-electron chi connectivity index (χ3n) is 4.60. The Morgan fingerprint density at radius 2 is 1.89 bits per heavy atom. The quantitative estimate of drug-likeness (QED) is 0.770. The molecule has 2 N–H and O–H groups in total. The van der Waals surface area contributed by atoms with E-state index in [1.807, 2.05) is 0 Å². The van der Waals surface area contributed by atoms with Gasteiger partial charge in [0.15, 0.2) is 9.84 Å². The van der Waals surface area contributed by atoms with Gasteiger partial charge in [0, 0.05) is 12.1 Å². The van der Waals surface area contributed by atoms with Crippen molar-refractivity contribution in [1.29, 1.82) is 0 Å². The number of hydrogen-bond acceptors (Lipinski definition) is 4. The van der Waals surface area contributed by atoms with E-state index in [-0.39, 0.29) is 24.1 Å². The summed E-state index contributed by atoms with van der Waals surface area (Å²) in [7, 11) is -3.43. The number of amides is 1. The smallest absolute Gasteiger partial charge is 0.251 e. The van der Waals surface area contributed by atoms with Gasteiger partial charge in [0.1, 0.15) is 0 Å². The Hall–Kier alpha value is -1.89. The Balaban J connectivity index is 0.00000261. The van der Waals surface area contributed by atoms with E-state index in [9.17, 15) is 13.2 Å². The zero-order chi connectivity index (χ0) is 18.4. The molecule has 1 saturated heterocycles. The van der Waals surface area contributed by atoms with E-state index in [0.29, 0.717) is 28.5 Å². The highest BCUT2D eigenvalue weighted by molar-refractivity contribution is 7.90. The summed E-state index contributed by atoms with van der Waals surface area (Å²) in [6, 6.07) is 15.2. The van der Waals surface area contributed by atoms with E-state index in [2.05, 4.69) is 10.6 Å². The lowest BCUT2D eigenvalue weighted by molar-refractivity contribution is 0.0944. The summed E-state index contributed by atoms with van der Waals surface area (Å²) < 4.78 is 25.0. The molecule has 1 fully saturated rings. The Bertz CT molecular complexity index is 851. The Labute approximate surface area is 166 Å². The maximum atomic E-state index is 12.5. The molecule has 1 atom stereocenters. The van der Waals surface area contributed by atoms with E-state index < -0.39 is 9.84 Å². The molecule has 5 nitrogen and oxygen atoms in total. The van der Waals surface area contributed by atoms with Crippen LogP contribution in [-0.2, 0) is 15.6 Å². The number of hydrogen-bond donors (Lipinski definition) is 2. The fraction of sp³-hybridized carbons (Fsp3) is 0.350. The van der Waals surface area contributed by atoms with Crippen LogP contribution in [0.4, 0.5) is 0 Å². The third kappa shape index (κ3) is 6.06. The second-order valence-electron chi connectivity index (χ2n) is 6.69. The number of benzene rings is 2. The summed E-state index contributed by atoms with van der Waals surface area (Å²) in [6.45, 7) is 2.61. The van der Waals surface area contributed by atoms with Gasteiger partial charge in [-0.2, -0.15) is 0 Å². The largest absolute Gasteiger partial charge is 0.352 e. The van der Waals surface area contributed by atoms with E-state index in [1.54, 1.807) is 54.6 Å². The van der Waals surface area contributed by atoms with Crippen LogP contribution in [0, 0.1) is 5.92 Å². The van der Waals surface area contributed by atoms with Gasteiger partial charge < -0.3 is 10.6 Å². The average Bonchev–Trinajstić information content (AvgIpc) is 2.67. The molecular weight excluding hydrogens is 384 g/mol. The minimum absolute atomic E-state index is 0. The number of rotatable bonds is 6. The van der Waals surface area contributed by atoms with E-state index in [0.717, 1.165) is 25.9 Å². The van der Waals surface area contributed by atoms with Gasteiger partial charge in [-0.25, -0.2) is 8.42 Å². The molecular formula is C20H25ClN2O3S. The lowest BCUT2D eigenvalue weighted by Crippen LogP contribution is -2.38. The molecule has 0 aromatic heterocycles. The van der Waals surface area contributed by atoms with Crippen molar-refractivity contribution < 1.29 is 13.2 Å². The predicted octanol–water partition coefficient (Wildman–Crippen LogP) is 2.81. The first-order valence-electron chi connectivity index (χ1n) is 8.90. The first-order chi connectivity index (χ1) is 12.5. The Morgan fingerprint density at radius 3 is 2.59 bits per heavy atom. The van der Waals surface area contributed by atoms with Crippen LogP contribution in [0.25, 0.3) is 0 Å². The molecule has 1 heterocycles. The van der Waals surface area contributed by atoms with Crippen LogP contribution in [0.15, 0.2) is 59.5 Å². The zero-order valence-electron chi connectivity index (χ0n) is 15.1. The number of halogens is 1. The van der Waals surface area contributed by atoms with Crippen molar-refractivity contribution in [2.24, 2.45) is 5.92 Å². The number of piperidine rings is 1. The van der Waals surface area contributed by atoms with Crippen molar-refractivity contribution in [3.63, 3.8) is 0 Å². The van der Waals surface area contributed by atoms with Crippen LogP contribution in [0.3, 0.4) is 0 Å². The van der Waals surface area contributed by atoms with Crippen LogP contribution in [0.1, 0.15) is 28.8 Å². The molecule has 2 aromatic carbocycles. The van der Waals surface area contributed by atoms with Crippen molar-refractivity contribution >= 4 is 28.2 Å². The van der Waals surface area contributed by atoms with Crippen LogP contribution in [0.5, 0.6) is 0 Å². The number of sulfone groups is 1. The molecule has 0 saturated carbocycles. The van der Waals surface area contributed by atoms with E-state index in [4.69, 9.17) is 0 Å². The van der Waals surface area contributed by atoms with Crippen molar-refractivity contribution in [1.82, 2.24) is 10.6 Å². The average molecular weight is 409 g/mol. The van der Waals surface area contributed by atoms with Crippen LogP contribution in [0.2, 0.25) is 0 Å². The highest BCUT2D eigenvalue weighted by Crippen LogP contribution is 2.17. The lowest BCUT2D eigenvalue weighted by Gasteiger charge is -2.22. The van der Waals surface area contributed by atoms with Gasteiger partial charge in [-0.1, -0.05) is 30.3 Å². The fourth-order valence-corrected chi connectivity index (χ4v) is 4.53. The fourth-order valence-electron chi connectivity index (χ4n) is 3.17. The Kier molecular flexibility index (Phi) is 7.83. The molecule has 0 aliphatic carbocycles. The molecule has 1 amide bonds. The summed E-state index contributed by atoms with van der Waals surface area (Å²) in [5, 5.41) is 6.29. The van der Waals surface area contributed by atoms with Gasteiger partial charge in [-0.3, -0.25) is 4.79 Å². The first kappa shape index (κ1) is 21.4. The minimum atomic E-state index is -3.43. The standard InChI is InChI=1S/C20H24N2O3S.ClH/c23-20(22-14-17-7-5-11-21-13-17)18-8-4-6-16(12-18)15-26(24,25)19-9-2-1-3-10-19;/h1-4,6,8-10,12,17,21H,5,7,11,13-15H2,(H,22,23);1H.